The van der Waals surface area contributed by atoms with Crippen LogP contribution in [0.1, 0.15) is 45.1 Å². The molecule has 3 unspecified atom stereocenters. The molecule has 0 heterocycles. The maximum absolute atomic E-state index is 11.0. The van der Waals surface area contributed by atoms with Crippen LogP contribution in [-0.4, -0.2) is 23.7 Å². The minimum atomic E-state index is -0.718. The van der Waals surface area contributed by atoms with E-state index < -0.39 is 5.97 Å². The van der Waals surface area contributed by atoms with Crippen molar-refractivity contribution in [3.05, 3.63) is 29.8 Å². The number of carboxylic acids is 1. The summed E-state index contributed by atoms with van der Waals surface area (Å²) in [6.45, 7) is 7.33. The number of aliphatic carboxylic acids is 1. The zero-order chi connectivity index (χ0) is 15.4. The van der Waals surface area contributed by atoms with Crippen LogP contribution in [0.2, 0.25) is 0 Å². The summed E-state index contributed by atoms with van der Waals surface area (Å²) < 4.78 is 0. The molecule has 1 aromatic carbocycles. The molecule has 0 saturated heterocycles. The van der Waals surface area contributed by atoms with Gasteiger partial charge in [0.05, 0.1) is 6.42 Å². The number of nitrogens with zero attached hydrogens (tertiary/aromatic N) is 1. The zero-order valence-corrected chi connectivity index (χ0v) is 13.4. The summed E-state index contributed by atoms with van der Waals surface area (Å²) in [5.74, 6) is 0.627. The Balaban J connectivity index is 2.26. The van der Waals surface area contributed by atoms with Crippen molar-refractivity contribution < 1.29 is 9.90 Å². The number of anilines is 1. The predicted octanol–water partition coefficient (Wildman–Crippen LogP) is 4.10. The average Bonchev–Trinajstić information content (AvgIpc) is 2.44. The van der Waals surface area contributed by atoms with Crippen LogP contribution >= 0.6 is 0 Å². The Morgan fingerprint density at radius 3 is 2.67 bits per heavy atom. The number of aryl methyl sites for hydroxylation is 1. The number of para-hydroxylation sites is 1. The van der Waals surface area contributed by atoms with E-state index in [1.165, 1.54) is 24.1 Å². The van der Waals surface area contributed by atoms with Crippen molar-refractivity contribution in [3.63, 3.8) is 0 Å². The summed E-state index contributed by atoms with van der Waals surface area (Å²) in [5.41, 5.74) is 2.43. The first-order chi connectivity index (χ1) is 9.99. The van der Waals surface area contributed by atoms with Gasteiger partial charge in [-0.15, -0.1) is 0 Å². The molecule has 0 bridgehead atoms. The molecule has 0 radical (unpaired) electrons. The van der Waals surface area contributed by atoms with Crippen LogP contribution < -0.4 is 4.90 Å². The smallest absolute Gasteiger partial charge is 0.305 e. The van der Waals surface area contributed by atoms with Crippen molar-refractivity contribution in [2.75, 3.05) is 11.4 Å². The molecule has 3 nitrogen and oxygen atoms in total. The molecule has 21 heavy (non-hydrogen) atoms. The number of benzene rings is 1. The summed E-state index contributed by atoms with van der Waals surface area (Å²) in [6, 6.07) is 8.78. The summed E-state index contributed by atoms with van der Waals surface area (Å²) in [4.78, 5) is 13.4. The minimum absolute atomic E-state index is 0.200. The van der Waals surface area contributed by atoms with E-state index in [9.17, 15) is 4.79 Å². The Morgan fingerprint density at radius 1 is 1.29 bits per heavy atom. The molecular weight excluding hydrogens is 262 g/mol. The summed E-state index contributed by atoms with van der Waals surface area (Å²) in [5, 5.41) is 9.07. The van der Waals surface area contributed by atoms with Gasteiger partial charge in [-0.05, 0) is 43.2 Å². The van der Waals surface area contributed by atoms with E-state index in [4.69, 9.17) is 5.11 Å². The summed E-state index contributed by atoms with van der Waals surface area (Å²) in [7, 11) is 0. The lowest BCUT2D eigenvalue weighted by atomic mass is 9.79. The standard InChI is InChI=1S/C18H27NO2/c1-13-8-9-15(3)17(12-13)19(11-10-18(20)21)16-7-5-4-6-14(16)2/h4-7,13,15,17H,8-12H2,1-3H3,(H,20,21). The highest BCUT2D eigenvalue weighted by Crippen LogP contribution is 2.35. The summed E-state index contributed by atoms with van der Waals surface area (Å²) in [6.07, 6.45) is 3.89. The van der Waals surface area contributed by atoms with E-state index in [-0.39, 0.29) is 6.42 Å². The number of carbonyl (C=O) groups is 1. The lowest BCUT2D eigenvalue weighted by Gasteiger charge is -2.42. The number of hydrogen-bond acceptors (Lipinski definition) is 2. The van der Waals surface area contributed by atoms with Crippen molar-refractivity contribution in [2.24, 2.45) is 11.8 Å². The molecule has 1 aromatic rings. The third-order valence-electron chi connectivity index (χ3n) is 4.81. The Bertz CT molecular complexity index is 486. The average molecular weight is 289 g/mol. The molecule has 2 rings (SSSR count). The molecule has 116 valence electrons. The quantitative estimate of drug-likeness (QED) is 0.887. The molecule has 1 aliphatic carbocycles. The first-order valence-corrected chi connectivity index (χ1v) is 8.03. The Morgan fingerprint density at radius 2 is 2.00 bits per heavy atom. The molecule has 3 atom stereocenters. The molecule has 0 amide bonds. The molecule has 1 saturated carbocycles. The van der Waals surface area contributed by atoms with Crippen LogP contribution in [0.3, 0.4) is 0 Å². The largest absolute Gasteiger partial charge is 0.481 e. The SMILES string of the molecule is Cc1ccccc1N(CCC(=O)O)C1CC(C)CCC1C. The molecule has 0 spiro atoms. The van der Waals surface area contributed by atoms with Gasteiger partial charge in [0.2, 0.25) is 0 Å². The molecule has 1 N–H and O–H groups in total. The maximum atomic E-state index is 11.0. The van der Waals surface area contributed by atoms with Gasteiger partial charge < -0.3 is 10.0 Å². The molecule has 3 heteroatoms. The number of rotatable bonds is 5. The molecule has 0 aromatic heterocycles. The van der Waals surface area contributed by atoms with E-state index in [0.29, 0.717) is 18.5 Å². The van der Waals surface area contributed by atoms with Crippen LogP contribution in [0.5, 0.6) is 0 Å². The fourth-order valence-electron chi connectivity index (χ4n) is 3.50. The third-order valence-corrected chi connectivity index (χ3v) is 4.81. The zero-order valence-electron chi connectivity index (χ0n) is 13.4. The van der Waals surface area contributed by atoms with Gasteiger partial charge in [-0.1, -0.05) is 38.5 Å². The fourth-order valence-corrected chi connectivity index (χ4v) is 3.50. The molecule has 1 aliphatic rings. The van der Waals surface area contributed by atoms with Gasteiger partial charge in [-0.2, -0.15) is 0 Å². The first-order valence-electron chi connectivity index (χ1n) is 8.03. The van der Waals surface area contributed by atoms with Crippen molar-refractivity contribution in [1.29, 1.82) is 0 Å². The van der Waals surface area contributed by atoms with Crippen LogP contribution in [0.4, 0.5) is 5.69 Å². The minimum Gasteiger partial charge on any atom is -0.481 e. The monoisotopic (exact) mass is 289 g/mol. The lowest BCUT2D eigenvalue weighted by molar-refractivity contribution is -0.136. The highest BCUT2D eigenvalue weighted by Gasteiger charge is 2.31. The van der Waals surface area contributed by atoms with Crippen LogP contribution in [0, 0.1) is 18.8 Å². The highest BCUT2D eigenvalue weighted by molar-refractivity contribution is 5.68. The topological polar surface area (TPSA) is 40.5 Å². The van der Waals surface area contributed by atoms with Gasteiger partial charge in [-0.3, -0.25) is 4.79 Å². The van der Waals surface area contributed by atoms with Crippen molar-refractivity contribution in [1.82, 2.24) is 0 Å². The lowest BCUT2D eigenvalue weighted by Crippen LogP contribution is -2.44. The van der Waals surface area contributed by atoms with Crippen molar-refractivity contribution in [3.8, 4) is 0 Å². The second-order valence-corrected chi connectivity index (χ2v) is 6.59. The molecular formula is C18H27NO2. The van der Waals surface area contributed by atoms with E-state index in [1.54, 1.807) is 0 Å². The van der Waals surface area contributed by atoms with Crippen LogP contribution in [0.15, 0.2) is 24.3 Å². The van der Waals surface area contributed by atoms with Gasteiger partial charge in [0.1, 0.15) is 0 Å². The second-order valence-electron chi connectivity index (χ2n) is 6.59. The van der Waals surface area contributed by atoms with Gasteiger partial charge in [-0.25, -0.2) is 0 Å². The highest BCUT2D eigenvalue weighted by atomic mass is 16.4. The Labute approximate surface area is 128 Å². The second kappa shape index (κ2) is 6.97. The normalized spacial score (nSPS) is 25.6. The Hall–Kier alpha value is -1.51. The maximum Gasteiger partial charge on any atom is 0.305 e. The molecule has 0 aliphatic heterocycles. The van der Waals surface area contributed by atoms with E-state index in [0.717, 1.165) is 12.3 Å². The van der Waals surface area contributed by atoms with Gasteiger partial charge in [0, 0.05) is 18.3 Å². The van der Waals surface area contributed by atoms with Gasteiger partial charge in [0.15, 0.2) is 0 Å². The number of hydrogen-bond donors (Lipinski definition) is 1. The van der Waals surface area contributed by atoms with Crippen LogP contribution in [0.25, 0.3) is 0 Å². The third kappa shape index (κ3) is 3.99. The van der Waals surface area contributed by atoms with E-state index in [1.807, 2.05) is 12.1 Å². The van der Waals surface area contributed by atoms with Crippen molar-refractivity contribution >= 4 is 11.7 Å². The number of carboxylic acid groups (broad SMARTS) is 1. The molecule has 1 fully saturated rings. The summed E-state index contributed by atoms with van der Waals surface area (Å²) >= 11 is 0. The van der Waals surface area contributed by atoms with Gasteiger partial charge in [0.25, 0.3) is 0 Å². The van der Waals surface area contributed by atoms with E-state index in [2.05, 4.69) is 37.8 Å². The fraction of sp³-hybridized carbons (Fsp3) is 0.611. The predicted molar refractivity (Wildman–Crippen MR) is 86.7 cm³/mol. The Kier molecular flexibility index (Phi) is 5.27. The first kappa shape index (κ1) is 15.9. The van der Waals surface area contributed by atoms with Gasteiger partial charge >= 0.3 is 5.97 Å². The van der Waals surface area contributed by atoms with Crippen LogP contribution in [-0.2, 0) is 4.79 Å². The van der Waals surface area contributed by atoms with E-state index >= 15 is 0 Å². The van der Waals surface area contributed by atoms with Crippen molar-refractivity contribution in [2.45, 2.75) is 52.5 Å².